The van der Waals surface area contributed by atoms with E-state index in [-0.39, 0.29) is 17.4 Å². The van der Waals surface area contributed by atoms with Crippen LogP contribution in [-0.4, -0.2) is 31.1 Å². The SMILES string of the molecule is CCCCCCC(C)(C)c1cc(OC(C)=O)c2c(c1)N1CCCC1C/C2=C\C(=O)OCC. The normalized spacial score (nSPS) is 19.0. The Labute approximate surface area is 193 Å². The van der Waals surface area contributed by atoms with Crippen molar-refractivity contribution in [3.05, 3.63) is 29.3 Å². The fourth-order valence-electron chi connectivity index (χ4n) is 5.09. The number of esters is 2. The second-order valence-corrected chi connectivity index (χ2v) is 9.77. The maximum absolute atomic E-state index is 12.3. The van der Waals surface area contributed by atoms with Gasteiger partial charge in [-0.15, -0.1) is 0 Å². The van der Waals surface area contributed by atoms with E-state index >= 15 is 0 Å². The first-order valence-electron chi connectivity index (χ1n) is 12.3. The molecular formula is C27H39NO4. The molecule has 1 unspecified atom stereocenters. The second-order valence-electron chi connectivity index (χ2n) is 9.77. The van der Waals surface area contributed by atoms with E-state index in [4.69, 9.17) is 9.47 Å². The van der Waals surface area contributed by atoms with Gasteiger partial charge >= 0.3 is 11.9 Å². The average molecular weight is 442 g/mol. The number of hydrogen-bond acceptors (Lipinski definition) is 5. The Morgan fingerprint density at radius 2 is 1.97 bits per heavy atom. The topological polar surface area (TPSA) is 55.8 Å². The number of benzene rings is 1. The lowest BCUT2D eigenvalue weighted by atomic mass is 9.78. The van der Waals surface area contributed by atoms with E-state index in [9.17, 15) is 9.59 Å². The highest BCUT2D eigenvalue weighted by Crippen LogP contribution is 2.48. The average Bonchev–Trinajstić information content (AvgIpc) is 3.19. The molecule has 0 N–H and O–H groups in total. The van der Waals surface area contributed by atoms with Crippen molar-refractivity contribution in [3.63, 3.8) is 0 Å². The standard InChI is InChI=1S/C27H39NO4/c1-6-8-9-10-13-27(4,5)21-17-23-26(24(18-21)32-19(3)29)20(16-25(30)31-7-2)15-22-12-11-14-28(22)23/h16-18,22H,6-15H2,1-5H3/b20-16+. The molecule has 5 nitrogen and oxygen atoms in total. The van der Waals surface area contributed by atoms with E-state index in [1.165, 1.54) is 38.2 Å². The first-order valence-corrected chi connectivity index (χ1v) is 12.3. The summed E-state index contributed by atoms with van der Waals surface area (Å²) in [6.07, 6.45) is 10.6. The number of anilines is 1. The van der Waals surface area contributed by atoms with Gasteiger partial charge in [-0.3, -0.25) is 4.79 Å². The van der Waals surface area contributed by atoms with Crippen LogP contribution in [0.2, 0.25) is 0 Å². The number of unbranched alkanes of at least 4 members (excludes halogenated alkanes) is 3. The van der Waals surface area contributed by atoms with Crippen molar-refractivity contribution in [1.82, 2.24) is 0 Å². The van der Waals surface area contributed by atoms with Gasteiger partial charge in [0.2, 0.25) is 0 Å². The van der Waals surface area contributed by atoms with Gasteiger partial charge in [0, 0.05) is 36.8 Å². The number of hydrogen-bond donors (Lipinski definition) is 0. The van der Waals surface area contributed by atoms with E-state index in [1.54, 1.807) is 6.08 Å². The Balaban J connectivity index is 2.08. The molecular weight excluding hydrogens is 402 g/mol. The number of carbonyl (C=O) groups excluding carboxylic acids is 2. The molecule has 0 aromatic heterocycles. The minimum absolute atomic E-state index is 0.0324. The molecule has 1 fully saturated rings. The minimum Gasteiger partial charge on any atom is -0.463 e. The molecule has 0 aliphatic carbocycles. The summed E-state index contributed by atoms with van der Waals surface area (Å²) in [6, 6.07) is 4.67. The van der Waals surface area contributed by atoms with E-state index in [2.05, 4.69) is 31.7 Å². The van der Waals surface area contributed by atoms with Gasteiger partial charge in [-0.2, -0.15) is 0 Å². The lowest BCUT2D eigenvalue weighted by molar-refractivity contribution is -0.137. The first kappa shape index (κ1) is 24.3. The van der Waals surface area contributed by atoms with Crippen LogP contribution >= 0.6 is 0 Å². The summed E-state index contributed by atoms with van der Waals surface area (Å²) in [5, 5.41) is 0. The summed E-state index contributed by atoms with van der Waals surface area (Å²) in [5.41, 5.74) is 4.02. The van der Waals surface area contributed by atoms with Crippen molar-refractivity contribution in [2.45, 2.75) is 97.4 Å². The summed E-state index contributed by atoms with van der Waals surface area (Å²) in [6.45, 7) is 11.4. The minimum atomic E-state index is -0.343. The van der Waals surface area contributed by atoms with E-state index in [0.29, 0.717) is 18.4 Å². The van der Waals surface area contributed by atoms with Crippen LogP contribution in [0.3, 0.4) is 0 Å². The summed E-state index contributed by atoms with van der Waals surface area (Å²) >= 11 is 0. The predicted octanol–water partition coefficient (Wildman–Crippen LogP) is 6.18. The van der Waals surface area contributed by atoms with E-state index in [0.717, 1.165) is 49.1 Å². The molecule has 0 radical (unpaired) electrons. The summed E-state index contributed by atoms with van der Waals surface area (Å²) in [7, 11) is 0. The molecule has 1 atom stereocenters. The zero-order valence-corrected chi connectivity index (χ0v) is 20.5. The van der Waals surface area contributed by atoms with Gasteiger partial charge in [0.05, 0.1) is 6.61 Å². The molecule has 176 valence electrons. The fourth-order valence-corrected chi connectivity index (χ4v) is 5.09. The Morgan fingerprint density at radius 1 is 1.19 bits per heavy atom. The van der Waals surface area contributed by atoms with Gasteiger partial charge in [0.1, 0.15) is 5.75 Å². The van der Waals surface area contributed by atoms with Gasteiger partial charge in [-0.25, -0.2) is 4.79 Å². The lowest BCUT2D eigenvalue weighted by Gasteiger charge is -2.38. The maximum atomic E-state index is 12.3. The van der Waals surface area contributed by atoms with Crippen LogP contribution < -0.4 is 9.64 Å². The molecule has 0 amide bonds. The first-order chi connectivity index (χ1) is 15.3. The molecule has 2 heterocycles. The second kappa shape index (κ2) is 10.5. The lowest BCUT2D eigenvalue weighted by Crippen LogP contribution is -2.34. The summed E-state index contributed by atoms with van der Waals surface area (Å²) in [4.78, 5) is 26.8. The van der Waals surface area contributed by atoms with Crippen molar-refractivity contribution >= 4 is 23.2 Å². The number of fused-ring (bicyclic) bond motifs is 3. The molecule has 2 aliphatic heterocycles. The summed E-state index contributed by atoms with van der Waals surface area (Å²) < 4.78 is 11.0. The predicted molar refractivity (Wildman–Crippen MR) is 129 cm³/mol. The third-order valence-electron chi connectivity index (χ3n) is 6.81. The molecule has 1 aromatic rings. The van der Waals surface area contributed by atoms with Crippen molar-refractivity contribution < 1.29 is 19.1 Å². The van der Waals surface area contributed by atoms with Crippen LogP contribution in [0.25, 0.3) is 5.57 Å². The number of carbonyl (C=O) groups is 2. The summed E-state index contributed by atoms with van der Waals surface area (Å²) in [5.74, 6) is -0.120. The quantitative estimate of drug-likeness (QED) is 0.198. The zero-order chi connectivity index (χ0) is 23.3. The third kappa shape index (κ3) is 5.54. The molecule has 3 rings (SSSR count). The molecule has 0 saturated carbocycles. The van der Waals surface area contributed by atoms with Gasteiger partial charge in [-0.05, 0) is 61.3 Å². The van der Waals surface area contributed by atoms with Gasteiger partial charge in [0.25, 0.3) is 0 Å². The fraction of sp³-hybridized carbons (Fsp3) is 0.630. The molecule has 5 heteroatoms. The molecule has 1 aromatic carbocycles. The van der Waals surface area contributed by atoms with E-state index < -0.39 is 0 Å². The van der Waals surface area contributed by atoms with Crippen LogP contribution in [0.4, 0.5) is 5.69 Å². The van der Waals surface area contributed by atoms with Gasteiger partial charge in [-0.1, -0.05) is 46.5 Å². The number of rotatable bonds is 9. The van der Waals surface area contributed by atoms with Crippen LogP contribution in [0.15, 0.2) is 18.2 Å². The van der Waals surface area contributed by atoms with Crippen molar-refractivity contribution in [2.75, 3.05) is 18.1 Å². The van der Waals surface area contributed by atoms with Gasteiger partial charge < -0.3 is 14.4 Å². The van der Waals surface area contributed by atoms with Crippen LogP contribution in [0.5, 0.6) is 5.75 Å². The smallest absolute Gasteiger partial charge is 0.331 e. The Hall–Kier alpha value is -2.30. The Bertz CT molecular complexity index is 871. The van der Waals surface area contributed by atoms with Crippen LogP contribution in [0, 0.1) is 0 Å². The molecule has 32 heavy (non-hydrogen) atoms. The molecule has 1 saturated heterocycles. The van der Waals surface area contributed by atoms with Crippen LogP contribution in [-0.2, 0) is 19.7 Å². The molecule has 0 bridgehead atoms. The Kier molecular flexibility index (Phi) is 8.02. The highest BCUT2D eigenvalue weighted by Gasteiger charge is 2.36. The van der Waals surface area contributed by atoms with Crippen molar-refractivity contribution in [2.24, 2.45) is 0 Å². The third-order valence-corrected chi connectivity index (χ3v) is 6.81. The number of nitrogens with zero attached hydrogens (tertiary/aromatic N) is 1. The van der Waals surface area contributed by atoms with Crippen molar-refractivity contribution in [3.8, 4) is 5.75 Å². The number of ether oxygens (including phenoxy) is 2. The molecule has 2 aliphatic rings. The Morgan fingerprint density at radius 3 is 2.66 bits per heavy atom. The van der Waals surface area contributed by atoms with Crippen molar-refractivity contribution in [1.29, 1.82) is 0 Å². The highest BCUT2D eigenvalue weighted by molar-refractivity contribution is 5.97. The monoisotopic (exact) mass is 441 g/mol. The van der Waals surface area contributed by atoms with E-state index in [1.807, 2.05) is 13.0 Å². The largest absolute Gasteiger partial charge is 0.463 e. The van der Waals surface area contributed by atoms with Crippen LogP contribution in [0.1, 0.15) is 97.1 Å². The highest BCUT2D eigenvalue weighted by atomic mass is 16.5. The molecule has 0 spiro atoms. The zero-order valence-electron chi connectivity index (χ0n) is 20.5. The maximum Gasteiger partial charge on any atom is 0.331 e. The van der Waals surface area contributed by atoms with Gasteiger partial charge in [0.15, 0.2) is 0 Å².